The van der Waals surface area contributed by atoms with Crippen molar-refractivity contribution < 1.29 is 8.94 Å². The highest BCUT2D eigenvalue weighted by Gasteiger charge is 2.12. The van der Waals surface area contributed by atoms with Crippen LogP contribution in [-0.4, -0.2) is 15.1 Å². The molecule has 16 heavy (non-hydrogen) atoms. The zero-order chi connectivity index (χ0) is 11.0. The van der Waals surface area contributed by atoms with Crippen molar-refractivity contribution >= 4 is 11.0 Å². The first kappa shape index (κ1) is 9.05. The maximum atomic E-state index is 5.53. The standard InChI is InChI=1S/C10H8N4O2/c11-4-9-13-10(16-14-9)8-3-6-5-12-2-1-7(6)15-8/h1-3,5H,4,11H2. The van der Waals surface area contributed by atoms with Gasteiger partial charge in [0.05, 0.1) is 6.54 Å². The molecule has 0 aromatic carbocycles. The van der Waals surface area contributed by atoms with Crippen LogP contribution in [0.25, 0.3) is 22.6 Å². The summed E-state index contributed by atoms with van der Waals surface area (Å²) in [7, 11) is 0. The van der Waals surface area contributed by atoms with Gasteiger partial charge in [-0.15, -0.1) is 0 Å². The molecule has 3 rings (SSSR count). The zero-order valence-electron chi connectivity index (χ0n) is 8.25. The molecule has 3 heterocycles. The van der Waals surface area contributed by atoms with E-state index in [0.717, 1.165) is 11.0 Å². The van der Waals surface area contributed by atoms with Gasteiger partial charge in [0.15, 0.2) is 11.6 Å². The summed E-state index contributed by atoms with van der Waals surface area (Å²) < 4.78 is 10.6. The number of fused-ring (bicyclic) bond motifs is 1. The topological polar surface area (TPSA) is 91.0 Å². The van der Waals surface area contributed by atoms with Gasteiger partial charge >= 0.3 is 0 Å². The first-order chi connectivity index (χ1) is 7.86. The minimum Gasteiger partial charge on any atom is -0.451 e. The first-order valence-corrected chi connectivity index (χ1v) is 4.73. The molecule has 0 atom stereocenters. The summed E-state index contributed by atoms with van der Waals surface area (Å²) in [6, 6.07) is 3.58. The van der Waals surface area contributed by atoms with E-state index in [1.807, 2.05) is 0 Å². The van der Waals surface area contributed by atoms with E-state index in [1.54, 1.807) is 24.5 Å². The third-order valence-corrected chi connectivity index (χ3v) is 2.18. The van der Waals surface area contributed by atoms with Crippen molar-refractivity contribution in [3.63, 3.8) is 0 Å². The molecule has 0 radical (unpaired) electrons. The Kier molecular flexibility index (Phi) is 1.94. The normalized spacial score (nSPS) is 11.1. The fourth-order valence-corrected chi connectivity index (χ4v) is 1.43. The molecule has 0 aliphatic rings. The van der Waals surface area contributed by atoms with Gasteiger partial charge in [-0.3, -0.25) is 4.98 Å². The Hall–Kier alpha value is -2.21. The third-order valence-electron chi connectivity index (χ3n) is 2.18. The van der Waals surface area contributed by atoms with Crippen LogP contribution in [0.5, 0.6) is 0 Å². The molecule has 0 aliphatic heterocycles. The quantitative estimate of drug-likeness (QED) is 0.694. The Morgan fingerprint density at radius 3 is 3.06 bits per heavy atom. The van der Waals surface area contributed by atoms with Crippen LogP contribution >= 0.6 is 0 Å². The Balaban J connectivity index is 2.11. The van der Waals surface area contributed by atoms with Crippen LogP contribution in [-0.2, 0) is 6.54 Å². The molecule has 2 N–H and O–H groups in total. The highest BCUT2D eigenvalue weighted by Crippen LogP contribution is 2.25. The molecular weight excluding hydrogens is 208 g/mol. The van der Waals surface area contributed by atoms with E-state index >= 15 is 0 Å². The molecule has 0 amide bonds. The van der Waals surface area contributed by atoms with Crippen molar-refractivity contribution in [1.29, 1.82) is 0 Å². The van der Waals surface area contributed by atoms with Crippen molar-refractivity contribution in [3.8, 4) is 11.7 Å². The van der Waals surface area contributed by atoms with E-state index in [4.69, 9.17) is 14.7 Å². The lowest BCUT2D eigenvalue weighted by Gasteiger charge is -1.84. The second-order valence-electron chi connectivity index (χ2n) is 3.24. The summed E-state index contributed by atoms with van der Waals surface area (Å²) in [5.41, 5.74) is 6.12. The summed E-state index contributed by atoms with van der Waals surface area (Å²) >= 11 is 0. The van der Waals surface area contributed by atoms with Gasteiger partial charge in [-0.2, -0.15) is 4.98 Å². The average molecular weight is 216 g/mol. The van der Waals surface area contributed by atoms with Gasteiger partial charge < -0.3 is 14.7 Å². The van der Waals surface area contributed by atoms with E-state index in [0.29, 0.717) is 17.5 Å². The minimum absolute atomic E-state index is 0.241. The second-order valence-corrected chi connectivity index (χ2v) is 3.24. The molecule has 6 heteroatoms. The van der Waals surface area contributed by atoms with Crippen LogP contribution in [0.3, 0.4) is 0 Å². The highest BCUT2D eigenvalue weighted by atomic mass is 16.5. The molecule has 80 valence electrons. The first-order valence-electron chi connectivity index (χ1n) is 4.73. The molecule has 0 bridgehead atoms. The van der Waals surface area contributed by atoms with Crippen LogP contribution in [0.1, 0.15) is 5.82 Å². The fraction of sp³-hybridized carbons (Fsp3) is 0.100. The van der Waals surface area contributed by atoms with Crippen molar-refractivity contribution in [2.75, 3.05) is 0 Å². The number of furan rings is 1. The lowest BCUT2D eigenvalue weighted by molar-refractivity contribution is 0.412. The van der Waals surface area contributed by atoms with E-state index in [2.05, 4.69) is 15.1 Å². The van der Waals surface area contributed by atoms with Gasteiger partial charge in [-0.05, 0) is 12.1 Å². The SMILES string of the molecule is NCc1noc(-c2cc3cnccc3o2)n1. The van der Waals surface area contributed by atoms with Gasteiger partial charge in [-0.1, -0.05) is 5.16 Å². The predicted molar refractivity (Wildman–Crippen MR) is 55.2 cm³/mol. The Bertz CT molecular complexity index is 595. The van der Waals surface area contributed by atoms with Gasteiger partial charge in [0.25, 0.3) is 5.89 Å². The van der Waals surface area contributed by atoms with E-state index in [-0.39, 0.29) is 6.54 Å². The van der Waals surface area contributed by atoms with Crippen LogP contribution in [0.2, 0.25) is 0 Å². The third kappa shape index (κ3) is 1.36. The van der Waals surface area contributed by atoms with Crippen LogP contribution in [0, 0.1) is 0 Å². The average Bonchev–Trinajstić information content (AvgIpc) is 2.95. The lowest BCUT2D eigenvalue weighted by atomic mass is 10.3. The summed E-state index contributed by atoms with van der Waals surface area (Å²) in [5.74, 6) is 1.31. The van der Waals surface area contributed by atoms with Crippen LogP contribution < -0.4 is 5.73 Å². The van der Waals surface area contributed by atoms with Crippen molar-refractivity contribution in [2.45, 2.75) is 6.54 Å². The summed E-state index contributed by atoms with van der Waals surface area (Å²) in [5, 5.41) is 4.59. The molecule has 3 aromatic heterocycles. The minimum atomic E-state index is 0.241. The van der Waals surface area contributed by atoms with Crippen LogP contribution in [0.15, 0.2) is 33.5 Å². The molecule has 3 aromatic rings. The van der Waals surface area contributed by atoms with E-state index < -0.39 is 0 Å². The second kappa shape index (κ2) is 3.42. The number of nitrogens with zero attached hydrogens (tertiary/aromatic N) is 3. The maximum absolute atomic E-state index is 5.53. The Morgan fingerprint density at radius 2 is 2.31 bits per heavy atom. The number of hydrogen-bond acceptors (Lipinski definition) is 6. The smallest absolute Gasteiger partial charge is 0.293 e. The summed E-state index contributed by atoms with van der Waals surface area (Å²) in [6.45, 7) is 0.241. The number of nitrogens with two attached hydrogens (primary N) is 1. The molecule has 6 nitrogen and oxygen atoms in total. The molecule has 0 unspecified atom stereocenters. The van der Waals surface area contributed by atoms with Gasteiger partial charge in [0.1, 0.15) is 5.58 Å². The fourth-order valence-electron chi connectivity index (χ4n) is 1.43. The van der Waals surface area contributed by atoms with E-state index in [9.17, 15) is 0 Å². The monoisotopic (exact) mass is 216 g/mol. The van der Waals surface area contributed by atoms with Gasteiger partial charge in [0.2, 0.25) is 0 Å². The van der Waals surface area contributed by atoms with Gasteiger partial charge in [-0.25, -0.2) is 0 Å². The lowest BCUT2D eigenvalue weighted by Crippen LogP contribution is -1.97. The van der Waals surface area contributed by atoms with Crippen molar-refractivity contribution in [1.82, 2.24) is 15.1 Å². The zero-order valence-corrected chi connectivity index (χ0v) is 8.25. The van der Waals surface area contributed by atoms with Crippen molar-refractivity contribution in [2.24, 2.45) is 5.73 Å². The number of rotatable bonds is 2. The molecule has 0 saturated heterocycles. The molecule has 0 saturated carbocycles. The van der Waals surface area contributed by atoms with E-state index in [1.165, 1.54) is 0 Å². The number of aromatic nitrogens is 3. The molecule has 0 aliphatic carbocycles. The largest absolute Gasteiger partial charge is 0.451 e. The van der Waals surface area contributed by atoms with Crippen LogP contribution in [0.4, 0.5) is 0 Å². The predicted octanol–water partition coefficient (Wildman–Crippen LogP) is 1.34. The molecule has 0 spiro atoms. The van der Waals surface area contributed by atoms with Crippen molar-refractivity contribution in [3.05, 3.63) is 30.4 Å². The molecule has 0 fully saturated rings. The summed E-state index contributed by atoms with van der Waals surface area (Å²) in [4.78, 5) is 8.07. The number of hydrogen-bond donors (Lipinski definition) is 1. The Labute approximate surface area is 90.1 Å². The summed E-state index contributed by atoms with van der Waals surface area (Å²) in [6.07, 6.45) is 3.37. The maximum Gasteiger partial charge on any atom is 0.293 e. The Morgan fingerprint density at radius 1 is 1.38 bits per heavy atom. The van der Waals surface area contributed by atoms with Gasteiger partial charge in [0, 0.05) is 17.8 Å². The highest BCUT2D eigenvalue weighted by molar-refractivity contribution is 5.80. The number of pyridine rings is 1. The molecular formula is C10H8N4O2.